The van der Waals surface area contributed by atoms with Crippen LogP contribution in [0.15, 0.2) is 24.3 Å². The highest BCUT2D eigenvalue weighted by atomic mass is 16.5. The summed E-state index contributed by atoms with van der Waals surface area (Å²) in [5.74, 6) is 0. The zero-order valence-corrected chi connectivity index (χ0v) is 8.66. The van der Waals surface area contributed by atoms with E-state index in [1.54, 1.807) is 0 Å². The van der Waals surface area contributed by atoms with Crippen LogP contribution in [0.3, 0.4) is 0 Å². The summed E-state index contributed by atoms with van der Waals surface area (Å²) < 4.78 is 5.57. The lowest BCUT2D eigenvalue weighted by Gasteiger charge is -2.12. The Morgan fingerprint density at radius 2 is 2.00 bits per heavy atom. The van der Waals surface area contributed by atoms with Crippen molar-refractivity contribution in [1.29, 1.82) is 5.26 Å². The van der Waals surface area contributed by atoms with Crippen LogP contribution in [0.1, 0.15) is 37.5 Å². The highest BCUT2D eigenvalue weighted by molar-refractivity contribution is 5.32. The van der Waals surface area contributed by atoms with Crippen molar-refractivity contribution in [3.8, 4) is 6.07 Å². The third-order valence-electron chi connectivity index (χ3n) is 2.08. The summed E-state index contributed by atoms with van der Waals surface area (Å²) in [6.45, 7) is 4.89. The minimum atomic E-state index is 0.114. The molecule has 0 saturated carbocycles. The Bertz CT molecular complexity index is 310. The highest BCUT2D eigenvalue weighted by Gasteiger charge is 2.04. The van der Waals surface area contributed by atoms with E-state index in [0.717, 1.165) is 18.6 Å². The number of hydrogen-bond acceptors (Lipinski definition) is 2. The fourth-order valence-electron chi connectivity index (χ4n) is 1.22. The second kappa shape index (κ2) is 5.41. The van der Waals surface area contributed by atoms with Gasteiger partial charge in [-0.15, -0.1) is 0 Å². The molecule has 1 aromatic rings. The van der Waals surface area contributed by atoms with Gasteiger partial charge in [-0.3, -0.25) is 0 Å². The van der Waals surface area contributed by atoms with E-state index in [1.807, 2.05) is 31.2 Å². The Kier molecular flexibility index (Phi) is 4.15. The Hall–Kier alpha value is -1.33. The number of nitrogens with zero attached hydrogens (tertiary/aromatic N) is 1. The number of rotatable bonds is 4. The van der Waals surface area contributed by atoms with Crippen LogP contribution in [0.25, 0.3) is 0 Å². The van der Waals surface area contributed by atoms with Gasteiger partial charge in [0.15, 0.2) is 0 Å². The molecule has 0 amide bonds. The summed E-state index contributed by atoms with van der Waals surface area (Å²) in [4.78, 5) is 0. The van der Waals surface area contributed by atoms with Crippen molar-refractivity contribution in [1.82, 2.24) is 0 Å². The average molecular weight is 189 g/mol. The predicted octanol–water partition coefficient (Wildman–Crippen LogP) is 3.05. The van der Waals surface area contributed by atoms with E-state index in [-0.39, 0.29) is 6.10 Å². The molecule has 0 fully saturated rings. The van der Waals surface area contributed by atoms with Crippen molar-refractivity contribution in [2.45, 2.75) is 26.4 Å². The van der Waals surface area contributed by atoms with Crippen LogP contribution >= 0.6 is 0 Å². The van der Waals surface area contributed by atoms with E-state index >= 15 is 0 Å². The van der Waals surface area contributed by atoms with Gasteiger partial charge in [-0.1, -0.05) is 19.1 Å². The van der Waals surface area contributed by atoms with Gasteiger partial charge in [0.2, 0.25) is 0 Å². The van der Waals surface area contributed by atoms with E-state index in [2.05, 4.69) is 13.0 Å². The third kappa shape index (κ3) is 2.86. The molecule has 0 aliphatic carbocycles. The molecule has 1 rings (SSSR count). The summed E-state index contributed by atoms with van der Waals surface area (Å²) >= 11 is 0. The van der Waals surface area contributed by atoms with Crippen LogP contribution in [0.5, 0.6) is 0 Å². The van der Waals surface area contributed by atoms with Crippen molar-refractivity contribution in [2.24, 2.45) is 0 Å². The molecule has 2 nitrogen and oxygen atoms in total. The van der Waals surface area contributed by atoms with Gasteiger partial charge in [0, 0.05) is 6.61 Å². The first-order valence-electron chi connectivity index (χ1n) is 4.89. The van der Waals surface area contributed by atoms with E-state index in [4.69, 9.17) is 10.00 Å². The van der Waals surface area contributed by atoms with E-state index in [9.17, 15) is 0 Å². The van der Waals surface area contributed by atoms with Crippen LogP contribution in [-0.4, -0.2) is 6.61 Å². The summed E-state index contributed by atoms with van der Waals surface area (Å²) in [7, 11) is 0. The van der Waals surface area contributed by atoms with Crippen LogP contribution in [-0.2, 0) is 4.74 Å². The van der Waals surface area contributed by atoms with E-state index < -0.39 is 0 Å². The number of hydrogen-bond donors (Lipinski definition) is 0. The Morgan fingerprint density at radius 3 is 2.50 bits per heavy atom. The van der Waals surface area contributed by atoms with Crippen molar-refractivity contribution in [3.63, 3.8) is 0 Å². The summed E-state index contributed by atoms with van der Waals surface area (Å²) in [6, 6.07) is 9.62. The molecular formula is C12H15NO. The van der Waals surface area contributed by atoms with Gasteiger partial charge in [0.1, 0.15) is 0 Å². The van der Waals surface area contributed by atoms with Crippen LogP contribution in [0, 0.1) is 11.3 Å². The zero-order valence-electron chi connectivity index (χ0n) is 8.66. The number of benzene rings is 1. The van der Waals surface area contributed by atoms with Crippen LogP contribution < -0.4 is 0 Å². The van der Waals surface area contributed by atoms with Crippen LogP contribution in [0.4, 0.5) is 0 Å². The fraction of sp³-hybridized carbons (Fsp3) is 0.417. The van der Waals surface area contributed by atoms with E-state index in [0.29, 0.717) is 5.56 Å². The molecule has 1 aromatic carbocycles. The zero-order chi connectivity index (χ0) is 10.4. The Balaban J connectivity index is 2.63. The summed E-state index contributed by atoms with van der Waals surface area (Å²) in [6.07, 6.45) is 1.14. The maximum absolute atomic E-state index is 8.63. The van der Waals surface area contributed by atoms with E-state index in [1.165, 1.54) is 0 Å². The lowest BCUT2D eigenvalue weighted by molar-refractivity contribution is 0.0663. The van der Waals surface area contributed by atoms with Gasteiger partial charge in [-0.25, -0.2) is 0 Å². The summed E-state index contributed by atoms with van der Waals surface area (Å²) in [5.41, 5.74) is 1.81. The number of nitriles is 1. The van der Waals surface area contributed by atoms with Crippen molar-refractivity contribution >= 4 is 0 Å². The van der Waals surface area contributed by atoms with Crippen molar-refractivity contribution in [3.05, 3.63) is 35.4 Å². The molecule has 0 radical (unpaired) electrons. The Morgan fingerprint density at radius 1 is 1.36 bits per heavy atom. The number of ether oxygens (including phenoxy) is 1. The SMILES string of the molecule is CCCOC(C)c1ccc(C#N)cc1. The summed E-state index contributed by atoms with van der Waals surface area (Å²) in [5, 5.41) is 8.63. The average Bonchev–Trinajstić information content (AvgIpc) is 2.26. The molecule has 0 spiro atoms. The molecule has 0 bridgehead atoms. The standard InChI is InChI=1S/C12H15NO/c1-3-8-14-10(2)12-6-4-11(9-13)5-7-12/h4-7,10H,3,8H2,1-2H3. The maximum Gasteiger partial charge on any atom is 0.0991 e. The Labute approximate surface area is 85.1 Å². The first-order chi connectivity index (χ1) is 6.77. The highest BCUT2D eigenvalue weighted by Crippen LogP contribution is 2.16. The lowest BCUT2D eigenvalue weighted by atomic mass is 10.1. The van der Waals surface area contributed by atoms with Gasteiger partial charge in [-0.2, -0.15) is 5.26 Å². The second-order valence-electron chi connectivity index (χ2n) is 3.25. The third-order valence-corrected chi connectivity index (χ3v) is 2.08. The molecule has 74 valence electrons. The molecule has 0 N–H and O–H groups in total. The smallest absolute Gasteiger partial charge is 0.0991 e. The second-order valence-corrected chi connectivity index (χ2v) is 3.25. The minimum Gasteiger partial charge on any atom is -0.374 e. The molecular weight excluding hydrogens is 174 g/mol. The molecule has 0 saturated heterocycles. The molecule has 2 heteroatoms. The molecule has 1 unspecified atom stereocenters. The first-order valence-corrected chi connectivity index (χ1v) is 4.89. The van der Waals surface area contributed by atoms with Gasteiger partial charge in [0.25, 0.3) is 0 Å². The predicted molar refractivity (Wildman–Crippen MR) is 55.8 cm³/mol. The molecule has 14 heavy (non-hydrogen) atoms. The fourth-order valence-corrected chi connectivity index (χ4v) is 1.22. The van der Waals surface area contributed by atoms with Gasteiger partial charge >= 0.3 is 0 Å². The molecule has 0 aromatic heterocycles. The maximum atomic E-state index is 8.63. The first kappa shape index (κ1) is 10.7. The van der Waals surface area contributed by atoms with Gasteiger partial charge in [-0.05, 0) is 31.0 Å². The monoisotopic (exact) mass is 189 g/mol. The minimum absolute atomic E-state index is 0.114. The van der Waals surface area contributed by atoms with Gasteiger partial charge in [0.05, 0.1) is 17.7 Å². The van der Waals surface area contributed by atoms with Crippen LogP contribution in [0.2, 0.25) is 0 Å². The normalized spacial score (nSPS) is 12.1. The van der Waals surface area contributed by atoms with Crippen molar-refractivity contribution < 1.29 is 4.74 Å². The largest absolute Gasteiger partial charge is 0.374 e. The quantitative estimate of drug-likeness (QED) is 0.729. The topological polar surface area (TPSA) is 33.0 Å². The molecule has 1 atom stereocenters. The van der Waals surface area contributed by atoms with Crippen molar-refractivity contribution in [2.75, 3.05) is 6.61 Å². The molecule has 0 heterocycles. The molecule has 0 aliphatic heterocycles. The molecule has 0 aliphatic rings. The van der Waals surface area contributed by atoms with Gasteiger partial charge < -0.3 is 4.74 Å². The lowest BCUT2D eigenvalue weighted by Crippen LogP contribution is -2.00.